The molecule has 0 N–H and O–H groups in total. The third kappa shape index (κ3) is 2.40. The average Bonchev–Trinajstić information content (AvgIpc) is 2.64. The molecule has 3 nitrogen and oxygen atoms in total. The van der Waals surface area contributed by atoms with E-state index in [0.717, 1.165) is 11.0 Å². The van der Waals surface area contributed by atoms with E-state index in [9.17, 15) is 4.79 Å². The van der Waals surface area contributed by atoms with Crippen LogP contribution in [0.4, 0.5) is 0 Å². The van der Waals surface area contributed by atoms with Crippen molar-refractivity contribution < 1.29 is 13.9 Å². The van der Waals surface area contributed by atoms with Crippen molar-refractivity contribution in [1.82, 2.24) is 0 Å². The molecule has 0 unspecified atom stereocenters. The summed E-state index contributed by atoms with van der Waals surface area (Å²) in [4.78, 5) is 12.2. The number of carbonyl (C=O) groups is 1. The fraction of sp³-hybridized carbons (Fsp3) is 0.400. The van der Waals surface area contributed by atoms with Gasteiger partial charge in [-0.25, -0.2) is 4.79 Å². The predicted molar refractivity (Wildman–Crippen MR) is 70.8 cm³/mol. The highest BCUT2D eigenvalue weighted by molar-refractivity contribution is 6.04. The molecule has 0 spiro atoms. The summed E-state index contributed by atoms with van der Waals surface area (Å²) in [6.07, 6.45) is 0.670. The smallest absolute Gasteiger partial charge is 0.342 e. The summed E-state index contributed by atoms with van der Waals surface area (Å²) < 4.78 is 11.1. The van der Waals surface area contributed by atoms with Crippen LogP contribution >= 0.6 is 0 Å². The van der Waals surface area contributed by atoms with Crippen molar-refractivity contribution in [3.05, 3.63) is 35.6 Å². The molecule has 18 heavy (non-hydrogen) atoms. The molecule has 0 aliphatic carbocycles. The molecule has 0 fully saturated rings. The second kappa shape index (κ2) is 4.48. The van der Waals surface area contributed by atoms with E-state index >= 15 is 0 Å². The van der Waals surface area contributed by atoms with E-state index in [1.54, 1.807) is 0 Å². The minimum absolute atomic E-state index is 0.315. The summed E-state index contributed by atoms with van der Waals surface area (Å²) in [5, 5.41) is 0.823. The number of para-hydroxylation sites is 1. The summed E-state index contributed by atoms with van der Waals surface area (Å²) in [6, 6.07) is 7.54. The van der Waals surface area contributed by atoms with Crippen molar-refractivity contribution in [2.45, 2.75) is 39.7 Å². The maximum absolute atomic E-state index is 12.2. The van der Waals surface area contributed by atoms with E-state index in [0.29, 0.717) is 17.7 Å². The maximum Gasteiger partial charge on any atom is 0.342 e. The Hall–Kier alpha value is -1.77. The highest BCUT2D eigenvalue weighted by atomic mass is 16.6. The first-order valence-electron chi connectivity index (χ1n) is 6.16. The van der Waals surface area contributed by atoms with Crippen molar-refractivity contribution in [2.24, 2.45) is 0 Å². The molecule has 1 aromatic carbocycles. The number of benzene rings is 1. The Kier molecular flexibility index (Phi) is 3.16. The molecule has 0 saturated heterocycles. The molecule has 1 aromatic heterocycles. The zero-order chi connectivity index (χ0) is 13.3. The van der Waals surface area contributed by atoms with Gasteiger partial charge in [0, 0.05) is 11.8 Å². The highest BCUT2D eigenvalue weighted by Crippen LogP contribution is 2.28. The minimum atomic E-state index is -0.500. The van der Waals surface area contributed by atoms with Crippen LogP contribution in [0.3, 0.4) is 0 Å². The van der Waals surface area contributed by atoms with E-state index in [2.05, 4.69) is 0 Å². The Morgan fingerprint density at radius 3 is 2.56 bits per heavy atom. The van der Waals surface area contributed by atoms with E-state index in [-0.39, 0.29) is 5.97 Å². The van der Waals surface area contributed by atoms with Crippen LogP contribution in [0.25, 0.3) is 11.0 Å². The van der Waals surface area contributed by atoms with Crippen molar-refractivity contribution >= 4 is 16.9 Å². The van der Waals surface area contributed by atoms with Crippen LogP contribution in [0.5, 0.6) is 0 Å². The summed E-state index contributed by atoms with van der Waals surface area (Å²) >= 11 is 0. The maximum atomic E-state index is 12.2. The molecule has 2 rings (SSSR count). The SMILES string of the molecule is CCc1oc2ccccc2c1C(=O)OC(C)(C)C. The number of hydrogen-bond acceptors (Lipinski definition) is 3. The second-order valence-corrected chi connectivity index (χ2v) is 5.25. The van der Waals surface area contributed by atoms with Crippen molar-refractivity contribution in [3.63, 3.8) is 0 Å². The van der Waals surface area contributed by atoms with Gasteiger partial charge in [0.1, 0.15) is 22.5 Å². The van der Waals surface area contributed by atoms with E-state index < -0.39 is 5.60 Å². The molecule has 0 saturated carbocycles. The summed E-state index contributed by atoms with van der Waals surface area (Å²) in [6.45, 7) is 7.54. The fourth-order valence-corrected chi connectivity index (χ4v) is 1.90. The van der Waals surface area contributed by atoms with Gasteiger partial charge in [-0.3, -0.25) is 0 Å². The molecule has 2 aromatic rings. The number of rotatable bonds is 2. The average molecular weight is 246 g/mol. The standard InChI is InChI=1S/C15H18O3/c1-5-11-13(14(16)18-15(2,3)4)10-8-6-7-9-12(10)17-11/h6-9H,5H2,1-4H3. The van der Waals surface area contributed by atoms with Gasteiger partial charge in [-0.2, -0.15) is 0 Å². The number of hydrogen-bond donors (Lipinski definition) is 0. The first kappa shape index (κ1) is 12.7. The Morgan fingerprint density at radius 2 is 1.94 bits per heavy atom. The molecule has 0 aliphatic heterocycles. The van der Waals surface area contributed by atoms with Crippen LogP contribution in [0.2, 0.25) is 0 Å². The molecule has 0 bridgehead atoms. The van der Waals surface area contributed by atoms with Crippen molar-refractivity contribution in [2.75, 3.05) is 0 Å². The van der Waals surface area contributed by atoms with Crippen LogP contribution in [0.15, 0.2) is 28.7 Å². The van der Waals surface area contributed by atoms with E-state index in [1.165, 1.54) is 0 Å². The predicted octanol–water partition coefficient (Wildman–Crippen LogP) is 3.95. The first-order valence-corrected chi connectivity index (χ1v) is 6.16. The van der Waals surface area contributed by atoms with Crippen molar-refractivity contribution in [1.29, 1.82) is 0 Å². The number of ether oxygens (including phenoxy) is 1. The van der Waals surface area contributed by atoms with Crippen LogP contribution in [-0.2, 0) is 11.2 Å². The highest BCUT2D eigenvalue weighted by Gasteiger charge is 2.24. The topological polar surface area (TPSA) is 39.4 Å². The van der Waals surface area contributed by atoms with Crippen LogP contribution in [0.1, 0.15) is 43.8 Å². The minimum Gasteiger partial charge on any atom is -0.460 e. The largest absolute Gasteiger partial charge is 0.460 e. The molecule has 0 amide bonds. The quantitative estimate of drug-likeness (QED) is 0.753. The van der Waals surface area contributed by atoms with Gasteiger partial charge < -0.3 is 9.15 Å². The number of aryl methyl sites for hydroxylation is 1. The molecule has 0 aliphatic rings. The number of esters is 1. The zero-order valence-corrected chi connectivity index (χ0v) is 11.2. The molecule has 3 heteroatoms. The monoisotopic (exact) mass is 246 g/mol. The van der Waals surface area contributed by atoms with E-state index in [1.807, 2.05) is 52.0 Å². The number of furan rings is 1. The zero-order valence-electron chi connectivity index (χ0n) is 11.2. The third-order valence-electron chi connectivity index (χ3n) is 2.59. The molecular formula is C15H18O3. The molecule has 0 atom stereocenters. The summed E-state index contributed by atoms with van der Waals surface area (Å²) in [7, 11) is 0. The number of carbonyl (C=O) groups excluding carboxylic acids is 1. The normalized spacial score (nSPS) is 11.8. The first-order chi connectivity index (χ1) is 8.42. The summed E-state index contributed by atoms with van der Waals surface area (Å²) in [5.74, 6) is 0.370. The van der Waals surface area contributed by atoms with Gasteiger partial charge >= 0.3 is 5.97 Å². The third-order valence-corrected chi connectivity index (χ3v) is 2.59. The molecule has 96 valence electrons. The van der Waals surface area contributed by atoms with Crippen molar-refractivity contribution in [3.8, 4) is 0 Å². The summed E-state index contributed by atoms with van der Waals surface area (Å²) in [5.41, 5.74) is 0.790. The number of fused-ring (bicyclic) bond motifs is 1. The molecular weight excluding hydrogens is 228 g/mol. The fourth-order valence-electron chi connectivity index (χ4n) is 1.90. The van der Waals surface area contributed by atoms with E-state index in [4.69, 9.17) is 9.15 Å². The Morgan fingerprint density at radius 1 is 1.28 bits per heavy atom. The molecule has 0 radical (unpaired) electrons. The van der Waals surface area contributed by atoms with Gasteiger partial charge in [-0.15, -0.1) is 0 Å². The Balaban J connectivity index is 2.51. The van der Waals surface area contributed by atoms with Crippen LogP contribution in [-0.4, -0.2) is 11.6 Å². The van der Waals surface area contributed by atoms with Gasteiger partial charge in [0.05, 0.1) is 0 Å². The van der Waals surface area contributed by atoms with Gasteiger partial charge in [0.25, 0.3) is 0 Å². The lowest BCUT2D eigenvalue weighted by Crippen LogP contribution is -2.24. The van der Waals surface area contributed by atoms with Gasteiger partial charge in [0.2, 0.25) is 0 Å². The van der Waals surface area contributed by atoms with Crippen LogP contribution in [0, 0.1) is 0 Å². The lowest BCUT2D eigenvalue weighted by Gasteiger charge is -2.19. The van der Waals surface area contributed by atoms with Gasteiger partial charge in [-0.05, 0) is 26.8 Å². The second-order valence-electron chi connectivity index (χ2n) is 5.25. The molecule has 1 heterocycles. The van der Waals surface area contributed by atoms with Gasteiger partial charge in [-0.1, -0.05) is 25.1 Å². The van der Waals surface area contributed by atoms with Gasteiger partial charge in [0.15, 0.2) is 0 Å². The lowest BCUT2D eigenvalue weighted by atomic mass is 10.1. The van der Waals surface area contributed by atoms with Crippen LogP contribution < -0.4 is 0 Å². The lowest BCUT2D eigenvalue weighted by molar-refractivity contribution is 0.00694. The Labute approximate surface area is 107 Å². The Bertz CT molecular complexity index is 573.